The molecule has 6 heteroatoms. The van der Waals surface area contributed by atoms with Crippen molar-refractivity contribution in [3.63, 3.8) is 0 Å². The molecule has 0 radical (unpaired) electrons. The maximum absolute atomic E-state index is 11.6. The van der Waals surface area contributed by atoms with Crippen LogP contribution in [-0.4, -0.2) is 21.2 Å². The number of esters is 1. The first-order valence-electron chi connectivity index (χ1n) is 4.88. The van der Waals surface area contributed by atoms with Crippen LogP contribution in [0.1, 0.15) is 25.7 Å². The Bertz CT molecular complexity index is 388. The molecule has 0 bridgehead atoms. The molecule has 1 aliphatic rings. The van der Waals surface area contributed by atoms with Gasteiger partial charge in [-0.15, -0.1) is 0 Å². The van der Waals surface area contributed by atoms with E-state index in [4.69, 9.17) is 0 Å². The largest absolute Gasteiger partial charge is 0.434 e. The molecule has 16 heavy (non-hydrogen) atoms. The van der Waals surface area contributed by atoms with E-state index in [2.05, 4.69) is 4.74 Å². The second-order valence-corrected chi connectivity index (χ2v) is 4.45. The zero-order valence-corrected chi connectivity index (χ0v) is 9.54. The molecule has 4 nitrogen and oxygen atoms in total. The Morgan fingerprint density at radius 2 is 2.12 bits per heavy atom. The molecule has 0 amide bonds. The summed E-state index contributed by atoms with van der Waals surface area (Å²) in [4.78, 5) is 11.3. The lowest BCUT2D eigenvalue weighted by Crippen LogP contribution is -2.04. The maximum Gasteiger partial charge on any atom is 0.308 e. The van der Waals surface area contributed by atoms with Crippen LogP contribution in [0.2, 0.25) is 0 Å². The van der Waals surface area contributed by atoms with Gasteiger partial charge < -0.3 is 4.74 Å². The maximum atomic E-state index is 11.6. The van der Waals surface area contributed by atoms with E-state index in [9.17, 15) is 17.6 Å². The fourth-order valence-corrected chi connectivity index (χ4v) is 1.92. The summed E-state index contributed by atoms with van der Waals surface area (Å²) >= 11 is 0. The minimum atomic E-state index is -2.49. The molecule has 0 aromatic carbocycles. The molecule has 0 aromatic heterocycles. The van der Waals surface area contributed by atoms with E-state index in [0.717, 1.165) is 5.57 Å². The van der Waals surface area contributed by atoms with Crippen molar-refractivity contribution in [2.45, 2.75) is 25.7 Å². The third-order valence-corrected chi connectivity index (χ3v) is 3.16. The summed E-state index contributed by atoms with van der Waals surface area (Å²) in [5.74, 6) is -0.576. The van der Waals surface area contributed by atoms with E-state index in [-0.39, 0.29) is 6.42 Å². The topological polar surface area (TPSA) is 60.4 Å². The lowest BCUT2D eigenvalue weighted by molar-refractivity contribution is -0.147. The predicted molar refractivity (Wildman–Crippen MR) is 57.0 cm³/mol. The van der Waals surface area contributed by atoms with Gasteiger partial charge in [-0.05, 0) is 25.3 Å². The van der Waals surface area contributed by atoms with Crippen molar-refractivity contribution in [1.29, 1.82) is 0 Å². The SMILES string of the molecule is O=C(CCC1=CC=C([SH](=O)=O)CC1)OCF. The summed E-state index contributed by atoms with van der Waals surface area (Å²) in [5, 5.41) is 0. The molecule has 90 valence electrons. The zero-order chi connectivity index (χ0) is 12.0. The van der Waals surface area contributed by atoms with Gasteiger partial charge in [0, 0.05) is 11.3 Å². The summed E-state index contributed by atoms with van der Waals surface area (Å²) in [6.07, 6.45) is 4.96. The van der Waals surface area contributed by atoms with Crippen LogP contribution < -0.4 is 0 Å². The second-order valence-electron chi connectivity index (χ2n) is 3.37. The van der Waals surface area contributed by atoms with Crippen molar-refractivity contribution in [3.05, 3.63) is 22.6 Å². The van der Waals surface area contributed by atoms with Crippen molar-refractivity contribution in [2.24, 2.45) is 0 Å². The van der Waals surface area contributed by atoms with Crippen LogP contribution in [0.5, 0.6) is 0 Å². The van der Waals surface area contributed by atoms with Crippen LogP contribution in [0.15, 0.2) is 22.6 Å². The lowest BCUT2D eigenvalue weighted by atomic mass is 10.0. The van der Waals surface area contributed by atoms with Gasteiger partial charge in [0.2, 0.25) is 6.86 Å². The quantitative estimate of drug-likeness (QED) is 0.591. The smallest absolute Gasteiger partial charge is 0.308 e. The fraction of sp³-hybridized carbons (Fsp3) is 0.500. The van der Waals surface area contributed by atoms with Gasteiger partial charge in [-0.1, -0.05) is 11.6 Å². The highest BCUT2D eigenvalue weighted by Gasteiger charge is 2.10. The van der Waals surface area contributed by atoms with Gasteiger partial charge in [-0.25, -0.2) is 12.8 Å². The summed E-state index contributed by atoms with van der Waals surface area (Å²) in [7, 11) is -2.49. The summed E-state index contributed by atoms with van der Waals surface area (Å²) in [6, 6.07) is 0. The average Bonchev–Trinajstić information content (AvgIpc) is 2.27. The van der Waals surface area contributed by atoms with Crippen LogP contribution in [0.25, 0.3) is 0 Å². The molecule has 0 fully saturated rings. The number of hydrogen-bond donors (Lipinski definition) is 1. The number of alkyl halides is 1. The van der Waals surface area contributed by atoms with Gasteiger partial charge in [-0.2, -0.15) is 0 Å². The van der Waals surface area contributed by atoms with Gasteiger partial charge in [0.25, 0.3) is 0 Å². The Morgan fingerprint density at radius 1 is 1.38 bits per heavy atom. The zero-order valence-electron chi connectivity index (χ0n) is 8.65. The summed E-state index contributed by atoms with van der Waals surface area (Å²) in [5.41, 5.74) is 0.983. The molecule has 1 aliphatic carbocycles. The van der Waals surface area contributed by atoms with Crippen LogP contribution in [0.3, 0.4) is 0 Å². The van der Waals surface area contributed by atoms with Crippen molar-refractivity contribution < 1.29 is 22.3 Å². The van der Waals surface area contributed by atoms with E-state index in [1.807, 2.05) is 0 Å². The number of ether oxygens (including phenoxy) is 1. The molecular formula is C10H13FO4S. The molecule has 0 aliphatic heterocycles. The number of allylic oxidation sites excluding steroid dienone is 4. The first-order chi connectivity index (χ1) is 7.63. The van der Waals surface area contributed by atoms with Crippen molar-refractivity contribution in [1.82, 2.24) is 0 Å². The molecule has 0 N–H and O–H groups in total. The molecule has 0 saturated heterocycles. The third kappa shape index (κ3) is 4.14. The van der Waals surface area contributed by atoms with E-state index in [1.54, 1.807) is 12.2 Å². The van der Waals surface area contributed by atoms with E-state index in [0.29, 0.717) is 24.2 Å². The Balaban J connectivity index is 2.43. The molecule has 1 rings (SSSR count). The monoisotopic (exact) mass is 248 g/mol. The number of hydrogen-bond acceptors (Lipinski definition) is 4. The van der Waals surface area contributed by atoms with E-state index in [1.165, 1.54) is 0 Å². The highest BCUT2D eigenvalue weighted by Crippen LogP contribution is 2.22. The van der Waals surface area contributed by atoms with Crippen molar-refractivity contribution in [3.8, 4) is 0 Å². The molecule has 0 saturated carbocycles. The predicted octanol–water partition coefficient (Wildman–Crippen LogP) is 1.45. The van der Waals surface area contributed by atoms with E-state index >= 15 is 0 Å². The molecule has 0 atom stereocenters. The molecular weight excluding hydrogens is 235 g/mol. The highest BCUT2D eigenvalue weighted by atomic mass is 32.2. The summed E-state index contributed by atoms with van der Waals surface area (Å²) in [6.45, 7) is -1.10. The first-order valence-corrected chi connectivity index (χ1v) is 6.06. The standard InChI is InChI=1S/C10H13FO4S/c11-7-15-10(12)6-3-8-1-4-9(5-2-8)16(13)14/h1,4,16H,2-3,5-7H2. The molecule has 0 unspecified atom stereocenters. The van der Waals surface area contributed by atoms with Crippen LogP contribution >= 0.6 is 0 Å². The van der Waals surface area contributed by atoms with Crippen LogP contribution in [0.4, 0.5) is 4.39 Å². The average molecular weight is 248 g/mol. The third-order valence-electron chi connectivity index (χ3n) is 2.31. The molecule has 0 spiro atoms. The Kier molecular flexibility index (Phi) is 5.18. The number of halogens is 1. The Labute approximate surface area is 94.7 Å². The minimum absolute atomic E-state index is 0.127. The second kappa shape index (κ2) is 6.42. The molecule has 0 heterocycles. The number of carbonyl (C=O) groups is 1. The van der Waals surface area contributed by atoms with Crippen LogP contribution in [0, 0.1) is 0 Å². The number of rotatable bonds is 5. The molecule has 0 aromatic rings. The van der Waals surface area contributed by atoms with Gasteiger partial charge in [-0.3, -0.25) is 4.79 Å². The summed E-state index contributed by atoms with van der Waals surface area (Å²) < 4.78 is 37.0. The minimum Gasteiger partial charge on any atom is -0.434 e. The van der Waals surface area contributed by atoms with Crippen LogP contribution in [-0.2, 0) is 20.2 Å². The van der Waals surface area contributed by atoms with Crippen molar-refractivity contribution >= 4 is 16.7 Å². The first kappa shape index (κ1) is 12.9. The van der Waals surface area contributed by atoms with Gasteiger partial charge in [0.1, 0.15) is 0 Å². The highest BCUT2D eigenvalue weighted by molar-refractivity contribution is 7.76. The normalized spacial score (nSPS) is 15.6. The van der Waals surface area contributed by atoms with Gasteiger partial charge in [0.15, 0.2) is 10.7 Å². The Hall–Kier alpha value is -1.17. The van der Waals surface area contributed by atoms with Crippen molar-refractivity contribution in [2.75, 3.05) is 6.86 Å². The fourth-order valence-electron chi connectivity index (χ4n) is 1.43. The number of carbonyl (C=O) groups excluding carboxylic acids is 1. The van der Waals surface area contributed by atoms with Gasteiger partial charge in [0.05, 0.1) is 0 Å². The number of thiol groups is 1. The Morgan fingerprint density at radius 3 is 2.62 bits per heavy atom. The van der Waals surface area contributed by atoms with E-state index < -0.39 is 23.5 Å². The van der Waals surface area contributed by atoms with Gasteiger partial charge >= 0.3 is 5.97 Å². The lowest BCUT2D eigenvalue weighted by Gasteiger charge is -2.10.